The molecule has 1 atom stereocenters. The zero-order chi connectivity index (χ0) is 7.56. The van der Waals surface area contributed by atoms with Crippen LogP contribution < -0.4 is 0 Å². The van der Waals surface area contributed by atoms with Gasteiger partial charge in [0.05, 0.1) is 12.4 Å². The molecule has 0 N–H and O–H groups in total. The van der Waals surface area contributed by atoms with Crippen molar-refractivity contribution in [1.82, 2.24) is 13.5 Å². The van der Waals surface area contributed by atoms with Gasteiger partial charge >= 0.3 is 0 Å². The largest absolute Gasteiger partial charge is 0.572 e. The van der Waals surface area contributed by atoms with Gasteiger partial charge in [-0.15, -0.1) is 9.40 Å². The second kappa shape index (κ2) is 3.05. The van der Waals surface area contributed by atoms with Crippen LogP contribution >= 0.6 is 0 Å². The molecule has 0 radical (unpaired) electrons. The first kappa shape index (κ1) is 7.59. The lowest BCUT2D eigenvalue weighted by Gasteiger charge is -2.12. The Hall–Kier alpha value is -0.520. The van der Waals surface area contributed by atoms with Crippen LogP contribution in [0.2, 0.25) is 0 Å². The zero-order valence-corrected chi connectivity index (χ0v) is 6.71. The molecule has 0 aliphatic rings. The summed E-state index contributed by atoms with van der Waals surface area (Å²) in [5.41, 5.74) is 0. The van der Waals surface area contributed by atoms with Crippen LogP contribution in [0.15, 0.2) is 18.5 Å². The summed E-state index contributed by atoms with van der Waals surface area (Å²) in [5.74, 6) is 0. The van der Waals surface area contributed by atoms with Crippen LogP contribution in [0.1, 0.15) is 0 Å². The van der Waals surface area contributed by atoms with E-state index in [1.165, 1.54) is 4.09 Å². The molecule has 0 aromatic carbocycles. The number of hydrogen-bond acceptors (Lipinski definition) is 3. The van der Waals surface area contributed by atoms with Crippen molar-refractivity contribution in [3.8, 4) is 0 Å². The minimum Gasteiger partial charge on any atom is -0.572 e. The molecule has 5 heteroatoms. The van der Waals surface area contributed by atoms with Gasteiger partial charge in [-0.05, 0) is 6.07 Å². The van der Waals surface area contributed by atoms with Gasteiger partial charge < -0.3 is 4.55 Å². The van der Waals surface area contributed by atoms with E-state index in [0.717, 1.165) is 0 Å². The molecule has 0 aliphatic carbocycles. The second-order valence-corrected chi connectivity index (χ2v) is 3.52. The molecular weight excluding hydrogens is 150 g/mol. The molecule has 0 saturated carbocycles. The zero-order valence-electron chi connectivity index (χ0n) is 5.89. The van der Waals surface area contributed by atoms with E-state index < -0.39 is 11.5 Å². The van der Waals surface area contributed by atoms with E-state index in [0.29, 0.717) is 0 Å². The molecule has 1 rings (SSSR count). The summed E-state index contributed by atoms with van der Waals surface area (Å²) < 4.78 is 14.1. The van der Waals surface area contributed by atoms with Gasteiger partial charge in [-0.1, -0.05) is 4.09 Å². The van der Waals surface area contributed by atoms with E-state index in [2.05, 4.69) is 5.10 Å². The number of rotatable bonds is 2. The monoisotopic (exact) mass is 159 g/mol. The molecule has 56 valence electrons. The Morgan fingerprint density at radius 2 is 2.30 bits per heavy atom. The van der Waals surface area contributed by atoms with Gasteiger partial charge in [0.15, 0.2) is 11.5 Å². The molecule has 1 unspecified atom stereocenters. The van der Waals surface area contributed by atoms with Crippen LogP contribution in [-0.2, 0) is 11.5 Å². The average Bonchev–Trinajstić information content (AvgIpc) is 2.36. The van der Waals surface area contributed by atoms with Crippen molar-refractivity contribution in [1.29, 1.82) is 0 Å². The molecule has 0 bridgehead atoms. The fraction of sp³-hybridized carbons (Fsp3) is 0.400. The quantitative estimate of drug-likeness (QED) is 0.565. The SMILES string of the molecule is CN(C)[S+]([O-])n1cccn1. The standard InChI is InChI=1S/C5H9N3OS/c1-7(2)10(9)8-5-3-4-6-8/h3-5H,1-2H3. The van der Waals surface area contributed by atoms with Crippen LogP contribution in [0.25, 0.3) is 0 Å². The van der Waals surface area contributed by atoms with Crippen molar-refractivity contribution in [3.05, 3.63) is 18.5 Å². The average molecular weight is 159 g/mol. The number of nitrogens with zero attached hydrogens (tertiary/aromatic N) is 3. The van der Waals surface area contributed by atoms with Crippen LogP contribution in [-0.4, -0.2) is 32.1 Å². The van der Waals surface area contributed by atoms with Gasteiger partial charge in [-0.3, -0.25) is 0 Å². The van der Waals surface area contributed by atoms with Gasteiger partial charge in [0.25, 0.3) is 0 Å². The molecule has 1 aromatic rings. The van der Waals surface area contributed by atoms with E-state index in [9.17, 15) is 4.55 Å². The third-order valence-corrected chi connectivity index (χ3v) is 2.11. The Balaban J connectivity index is 2.68. The highest BCUT2D eigenvalue weighted by Gasteiger charge is 2.11. The smallest absolute Gasteiger partial charge is 0.191 e. The lowest BCUT2D eigenvalue weighted by molar-refractivity contribution is 0.503. The molecule has 10 heavy (non-hydrogen) atoms. The van der Waals surface area contributed by atoms with Crippen molar-refractivity contribution < 1.29 is 4.55 Å². The van der Waals surface area contributed by atoms with E-state index in [1.54, 1.807) is 36.9 Å². The maximum atomic E-state index is 11.1. The molecule has 1 aromatic heterocycles. The van der Waals surface area contributed by atoms with Gasteiger partial charge in [-0.25, -0.2) is 0 Å². The van der Waals surface area contributed by atoms with E-state index >= 15 is 0 Å². The first-order chi connectivity index (χ1) is 4.72. The van der Waals surface area contributed by atoms with Gasteiger partial charge in [0, 0.05) is 14.1 Å². The number of aromatic nitrogens is 2. The third kappa shape index (κ3) is 1.50. The van der Waals surface area contributed by atoms with E-state index in [-0.39, 0.29) is 0 Å². The predicted molar refractivity (Wildman–Crippen MR) is 39.5 cm³/mol. The highest BCUT2D eigenvalue weighted by Crippen LogP contribution is 1.96. The lowest BCUT2D eigenvalue weighted by atomic mass is 10.8. The predicted octanol–water partition coefficient (Wildman–Crippen LogP) is -0.129. The van der Waals surface area contributed by atoms with Gasteiger partial charge in [0.1, 0.15) is 0 Å². The molecule has 0 spiro atoms. The molecule has 0 aliphatic heterocycles. The minimum atomic E-state index is -1.17. The molecular formula is C5H9N3OS. The van der Waals surface area contributed by atoms with Gasteiger partial charge in [-0.2, -0.15) is 0 Å². The van der Waals surface area contributed by atoms with Crippen molar-refractivity contribution in [2.75, 3.05) is 14.1 Å². The molecule has 1 heterocycles. The Labute approximate surface area is 62.9 Å². The molecule has 0 amide bonds. The Kier molecular flexibility index (Phi) is 2.31. The van der Waals surface area contributed by atoms with Crippen LogP contribution in [0.3, 0.4) is 0 Å². The second-order valence-electron chi connectivity index (χ2n) is 1.95. The maximum Gasteiger partial charge on any atom is 0.191 e. The first-order valence-electron chi connectivity index (χ1n) is 2.81. The van der Waals surface area contributed by atoms with E-state index in [1.807, 2.05) is 0 Å². The van der Waals surface area contributed by atoms with Crippen molar-refractivity contribution >= 4 is 11.5 Å². The van der Waals surface area contributed by atoms with E-state index in [4.69, 9.17) is 0 Å². The van der Waals surface area contributed by atoms with Crippen LogP contribution in [0.5, 0.6) is 0 Å². The summed E-state index contributed by atoms with van der Waals surface area (Å²) in [5, 5.41) is 3.81. The summed E-state index contributed by atoms with van der Waals surface area (Å²) in [6.07, 6.45) is 3.26. The summed E-state index contributed by atoms with van der Waals surface area (Å²) >= 11 is -1.17. The highest BCUT2D eigenvalue weighted by atomic mass is 32.2. The summed E-state index contributed by atoms with van der Waals surface area (Å²) in [7, 11) is 3.47. The van der Waals surface area contributed by atoms with Gasteiger partial charge in [0.2, 0.25) is 0 Å². The lowest BCUT2D eigenvalue weighted by Crippen LogP contribution is -2.29. The van der Waals surface area contributed by atoms with Crippen molar-refractivity contribution in [2.45, 2.75) is 0 Å². The Morgan fingerprint density at radius 3 is 2.70 bits per heavy atom. The Morgan fingerprint density at radius 1 is 1.60 bits per heavy atom. The first-order valence-corrected chi connectivity index (χ1v) is 3.87. The topological polar surface area (TPSA) is 44.1 Å². The summed E-state index contributed by atoms with van der Waals surface area (Å²) in [6.45, 7) is 0. The molecule has 0 fully saturated rings. The summed E-state index contributed by atoms with van der Waals surface area (Å²) in [6, 6.07) is 1.74. The van der Waals surface area contributed by atoms with Crippen molar-refractivity contribution in [2.24, 2.45) is 0 Å². The molecule has 4 nitrogen and oxygen atoms in total. The minimum absolute atomic E-state index is 1.17. The highest BCUT2D eigenvalue weighted by molar-refractivity contribution is 7.87. The Bertz CT molecular complexity index is 187. The van der Waals surface area contributed by atoms with Crippen molar-refractivity contribution in [3.63, 3.8) is 0 Å². The normalized spacial score (nSPS) is 14.0. The molecule has 0 saturated heterocycles. The summed E-state index contributed by atoms with van der Waals surface area (Å²) in [4.78, 5) is 0. The van der Waals surface area contributed by atoms with Crippen LogP contribution in [0, 0.1) is 0 Å². The third-order valence-electron chi connectivity index (χ3n) is 0.953. The maximum absolute atomic E-state index is 11.1. The number of hydrogen-bond donors (Lipinski definition) is 0. The fourth-order valence-corrected chi connectivity index (χ4v) is 1.16. The van der Waals surface area contributed by atoms with Crippen LogP contribution in [0.4, 0.5) is 0 Å². The fourth-order valence-electron chi connectivity index (χ4n) is 0.515.